The van der Waals surface area contributed by atoms with Gasteiger partial charge in [-0.3, -0.25) is 9.59 Å². The molecule has 0 unspecified atom stereocenters. The van der Waals surface area contributed by atoms with E-state index in [4.69, 9.17) is 9.26 Å². The summed E-state index contributed by atoms with van der Waals surface area (Å²) in [7, 11) is 0. The van der Waals surface area contributed by atoms with Crippen LogP contribution in [0.4, 0.5) is 13.2 Å². The second kappa shape index (κ2) is 6.79. The lowest BCUT2D eigenvalue weighted by atomic mass is 10.0. The molecule has 0 aliphatic carbocycles. The van der Waals surface area contributed by atoms with Crippen molar-refractivity contribution < 1.29 is 32.0 Å². The minimum Gasteiger partial charge on any atom is -0.465 e. The van der Waals surface area contributed by atoms with Crippen LogP contribution >= 0.6 is 0 Å². The number of likely N-dealkylation sites (tertiary alicyclic amines) is 1. The Balaban J connectivity index is 1.58. The molecule has 0 spiro atoms. The number of hydrogen-bond donors (Lipinski definition) is 0. The molecule has 0 saturated carbocycles. The van der Waals surface area contributed by atoms with E-state index in [1.165, 1.54) is 18.2 Å². The van der Waals surface area contributed by atoms with Gasteiger partial charge in [0.15, 0.2) is 0 Å². The smallest absolute Gasteiger partial charge is 0.416 e. The van der Waals surface area contributed by atoms with Crippen molar-refractivity contribution in [2.45, 2.75) is 13.1 Å². The summed E-state index contributed by atoms with van der Waals surface area (Å²) >= 11 is 0. The van der Waals surface area contributed by atoms with Gasteiger partial charge in [0.05, 0.1) is 40.4 Å². The number of nitrogens with zero attached hydrogens (tertiary/aromatic N) is 3. The monoisotopic (exact) mass is 431 g/mol. The van der Waals surface area contributed by atoms with Gasteiger partial charge in [-0.25, -0.2) is 4.98 Å². The first-order valence-corrected chi connectivity index (χ1v) is 9.63. The van der Waals surface area contributed by atoms with Crippen molar-refractivity contribution in [3.05, 3.63) is 47.2 Å². The van der Waals surface area contributed by atoms with E-state index in [0.29, 0.717) is 17.6 Å². The minimum atomic E-state index is -4.51. The molecule has 5 rings (SSSR count). The molecule has 2 aromatic heterocycles. The zero-order valence-electron chi connectivity index (χ0n) is 16.3. The number of aromatic nitrogens is 2. The molecule has 1 aromatic carbocycles. The highest BCUT2D eigenvalue weighted by Crippen LogP contribution is 2.35. The molecule has 2 fully saturated rings. The van der Waals surface area contributed by atoms with Crippen molar-refractivity contribution in [3.8, 4) is 11.3 Å². The fourth-order valence-electron chi connectivity index (χ4n) is 4.21. The fraction of sp³-hybridized carbons (Fsp3) is 0.333. The maximum atomic E-state index is 13.4. The average molecular weight is 431 g/mol. The van der Waals surface area contributed by atoms with Crippen LogP contribution in [0.1, 0.15) is 21.6 Å². The normalized spacial score (nSPS) is 20.9. The number of esters is 1. The molecule has 0 bridgehead atoms. The van der Waals surface area contributed by atoms with Crippen molar-refractivity contribution in [2.75, 3.05) is 19.7 Å². The van der Waals surface area contributed by atoms with Crippen LogP contribution in [0.2, 0.25) is 0 Å². The third-order valence-corrected chi connectivity index (χ3v) is 5.80. The Morgan fingerprint density at radius 1 is 1.23 bits per heavy atom. The summed E-state index contributed by atoms with van der Waals surface area (Å²) in [5.41, 5.74) is 0.275. The van der Waals surface area contributed by atoms with Crippen molar-refractivity contribution >= 4 is 23.0 Å². The van der Waals surface area contributed by atoms with Crippen LogP contribution in [-0.4, -0.2) is 46.6 Å². The Labute approximate surface area is 173 Å². The van der Waals surface area contributed by atoms with Crippen LogP contribution in [0.3, 0.4) is 0 Å². The number of hydrogen-bond acceptors (Lipinski definition) is 6. The maximum absolute atomic E-state index is 13.4. The largest absolute Gasteiger partial charge is 0.465 e. The van der Waals surface area contributed by atoms with Crippen molar-refractivity contribution in [2.24, 2.45) is 11.8 Å². The highest BCUT2D eigenvalue weighted by Gasteiger charge is 2.45. The number of fused-ring (bicyclic) bond motifs is 2. The van der Waals surface area contributed by atoms with Crippen LogP contribution in [0, 0.1) is 18.8 Å². The summed E-state index contributed by atoms with van der Waals surface area (Å²) in [6.45, 7) is 2.53. The third kappa shape index (κ3) is 3.22. The van der Waals surface area contributed by atoms with E-state index in [-0.39, 0.29) is 59.4 Å². The highest BCUT2D eigenvalue weighted by atomic mass is 19.4. The summed E-state index contributed by atoms with van der Waals surface area (Å²) in [4.78, 5) is 31.1. The predicted octanol–water partition coefficient (Wildman–Crippen LogP) is 3.46. The summed E-state index contributed by atoms with van der Waals surface area (Å²) in [6, 6.07) is 6.16. The van der Waals surface area contributed by atoms with Gasteiger partial charge in [0.1, 0.15) is 0 Å². The van der Waals surface area contributed by atoms with Gasteiger partial charge >= 0.3 is 12.1 Å². The number of carbonyl (C=O) groups excluding carboxylic acids is 2. The Hall–Kier alpha value is -3.43. The molecule has 2 atom stereocenters. The molecule has 2 aliphatic heterocycles. The van der Waals surface area contributed by atoms with E-state index >= 15 is 0 Å². The van der Waals surface area contributed by atoms with Gasteiger partial charge in [0, 0.05) is 24.6 Å². The number of pyridine rings is 1. The molecule has 2 saturated heterocycles. The number of alkyl halides is 3. The van der Waals surface area contributed by atoms with Gasteiger partial charge in [-0.1, -0.05) is 17.3 Å². The standard InChI is InChI=1S/C21H16F3N3O4/c1-10-17-14(19(28)27-7-12-9-30-20(29)15(12)8-27)6-16(25-18(17)31-26-10)11-3-2-4-13(5-11)21(22,23)24/h2-6,12,15H,7-9H2,1H3/t12-,15-/m1/s1. The Kier molecular flexibility index (Phi) is 4.28. The number of ether oxygens (including phenoxy) is 1. The molecule has 4 heterocycles. The minimum absolute atomic E-state index is 0.0553. The molecule has 2 aliphatic rings. The number of cyclic esters (lactones) is 1. The van der Waals surface area contributed by atoms with Gasteiger partial charge < -0.3 is 14.2 Å². The Morgan fingerprint density at radius 3 is 2.77 bits per heavy atom. The SMILES string of the molecule is Cc1noc2nc(-c3cccc(C(F)(F)F)c3)cc(C(=O)N3C[C@@H]4COC(=O)[C@@H]4C3)c12. The lowest BCUT2D eigenvalue weighted by Crippen LogP contribution is -2.31. The number of halogens is 3. The van der Waals surface area contributed by atoms with E-state index in [1.54, 1.807) is 11.8 Å². The van der Waals surface area contributed by atoms with E-state index in [9.17, 15) is 22.8 Å². The summed E-state index contributed by atoms with van der Waals surface area (Å²) in [6.07, 6.45) is -4.51. The van der Waals surface area contributed by atoms with Crippen molar-refractivity contribution in [1.29, 1.82) is 0 Å². The summed E-state index contributed by atoms with van der Waals surface area (Å²) < 4.78 is 49.7. The molecule has 0 N–H and O–H groups in total. The van der Waals surface area contributed by atoms with Crippen LogP contribution < -0.4 is 0 Å². The Bertz CT molecular complexity index is 1220. The number of aryl methyl sites for hydroxylation is 1. The number of amides is 1. The first kappa shape index (κ1) is 19.5. The predicted molar refractivity (Wildman–Crippen MR) is 101 cm³/mol. The molecule has 160 valence electrons. The van der Waals surface area contributed by atoms with Gasteiger partial charge in [-0.2, -0.15) is 13.2 Å². The van der Waals surface area contributed by atoms with Gasteiger partial charge in [0.25, 0.3) is 11.6 Å². The molecule has 31 heavy (non-hydrogen) atoms. The Morgan fingerprint density at radius 2 is 2.03 bits per heavy atom. The summed E-state index contributed by atoms with van der Waals surface area (Å²) in [5.74, 6) is -1.08. The third-order valence-electron chi connectivity index (χ3n) is 5.80. The van der Waals surface area contributed by atoms with Crippen LogP contribution in [0.5, 0.6) is 0 Å². The zero-order chi connectivity index (χ0) is 21.9. The first-order valence-electron chi connectivity index (χ1n) is 9.63. The van der Waals surface area contributed by atoms with E-state index in [1.807, 2.05) is 0 Å². The first-order chi connectivity index (χ1) is 14.7. The molecule has 10 heteroatoms. The summed E-state index contributed by atoms with van der Waals surface area (Å²) in [5, 5.41) is 4.27. The average Bonchev–Trinajstić information content (AvgIpc) is 3.43. The molecular weight excluding hydrogens is 415 g/mol. The van der Waals surface area contributed by atoms with E-state index in [0.717, 1.165) is 12.1 Å². The van der Waals surface area contributed by atoms with Crippen LogP contribution in [0.25, 0.3) is 22.4 Å². The van der Waals surface area contributed by atoms with Gasteiger partial charge in [0.2, 0.25) is 0 Å². The van der Waals surface area contributed by atoms with Crippen LogP contribution in [-0.2, 0) is 15.7 Å². The molecule has 0 radical (unpaired) electrons. The van der Waals surface area contributed by atoms with E-state index in [2.05, 4.69) is 10.1 Å². The highest BCUT2D eigenvalue weighted by molar-refractivity contribution is 6.07. The zero-order valence-corrected chi connectivity index (χ0v) is 16.3. The fourth-order valence-corrected chi connectivity index (χ4v) is 4.21. The van der Waals surface area contributed by atoms with Crippen molar-refractivity contribution in [3.63, 3.8) is 0 Å². The lowest BCUT2D eigenvalue weighted by Gasteiger charge is -2.18. The lowest BCUT2D eigenvalue weighted by molar-refractivity contribution is -0.141. The second-order valence-electron chi connectivity index (χ2n) is 7.79. The number of carbonyl (C=O) groups is 2. The topological polar surface area (TPSA) is 85.5 Å². The molecule has 3 aromatic rings. The number of benzene rings is 1. The molecule has 1 amide bonds. The number of rotatable bonds is 2. The van der Waals surface area contributed by atoms with E-state index < -0.39 is 11.7 Å². The van der Waals surface area contributed by atoms with Gasteiger partial charge in [-0.05, 0) is 25.1 Å². The molecule has 7 nitrogen and oxygen atoms in total. The quantitative estimate of drug-likeness (QED) is 0.578. The molecular formula is C21H16F3N3O4. The maximum Gasteiger partial charge on any atom is 0.416 e. The van der Waals surface area contributed by atoms with Crippen molar-refractivity contribution in [1.82, 2.24) is 15.0 Å². The van der Waals surface area contributed by atoms with Gasteiger partial charge in [-0.15, -0.1) is 0 Å². The second-order valence-corrected chi connectivity index (χ2v) is 7.79. The van der Waals surface area contributed by atoms with Crippen LogP contribution in [0.15, 0.2) is 34.9 Å².